The van der Waals surface area contributed by atoms with Gasteiger partial charge in [0.15, 0.2) is 0 Å². The number of benzene rings is 1. The number of ether oxygens (including phenoxy) is 2. The summed E-state index contributed by atoms with van der Waals surface area (Å²) < 4.78 is 10.9. The van der Waals surface area contributed by atoms with Crippen molar-refractivity contribution in [1.82, 2.24) is 9.97 Å². The summed E-state index contributed by atoms with van der Waals surface area (Å²) in [5, 5.41) is 0.421. The van der Waals surface area contributed by atoms with Crippen LogP contribution in [0.2, 0.25) is 5.15 Å². The maximum Gasteiger partial charge on any atom is 0.226 e. The van der Waals surface area contributed by atoms with Gasteiger partial charge in [0.05, 0.1) is 7.11 Å². The molecule has 0 N–H and O–H groups in total. The molecule has 1 aromatic heterocycles. The third kappa shape index (κ3) is 3.15. The van der Waals surface area contributed by atoms with Gasteiger partial charge in [-0.2, -0.15) is 4.98 Å². The highest BCUT2D eigenvalue weighted by Crippen LogP contribution is 2.28. The number of methoxy groups -OCH3 is 1. The summed E-state index contributed by atoms with van der Waals surface area (Å²) >= 11 is 6.07. The highest BCUT2D eigenvalue weighted by atomic mass is 35.5. The van der Waals surface area contributed by atoms with Crippen molar-refractivity contribution in [1.29, 1.82) is 0 Å². The summed E-state index contributed by atoms with van der Waals surface area (Å²) in [4.78, 5) is 8.52. The molecule has 0 aliphatic rings. The van der Waals surface area contributed by atoms with Crippen LogP contribution < -0.4 is 9.47 Å². The second-order valence-corrected chi connectivity index (χ2v) is 4.35. The summed E-state index contributed by atoms with van der Waals surface area (Å²) in [7, 11) is 1.61. The second-order valence-electron chi connectivity index (χ2n) is 4.00. The molecule has 0 radical (unpaired) electrons. The molecule has 2 rings (SSSR count). The third-order valence-corrected chi connectivity index (χ3v) is 3.03. The Hall–Kier alpha value is -1.81. The summed E-state index contributed by atoms with van der Waals surface area (Å²) in [5.74, 6) is 2.52. The van der Waals surface area contributed by atoms with Crippen molar-refractivity contribution in [2.75, 3.05) is 7.11 Å². The molecule has 0 saturated carbocycles. The lowest BCUT2D eigenvalue weighted by atomic mass is 10.3. The Balaban J connectivity index is 2.34. The Kier molecular flexibility index (Phi) is 4.22. The van der Waals surface area contributed by atoms with Crippen LogP contribution in [0.3, 0.4) is 0 Å². The van der Waals surface area contributed by atoms with Gasteiger partial charge in [-0.05, 0) is 19.1 Å². The first-order chi connectivity index (χ1) is 9.13. The number of halogens is 1. The smallest absolute Gasteiger partial charge is 0.226 e. The van der Waals surface area contributed by atoms with Crippen LogP contribution in [0.4, 0.5) is 0 Å². The van der Waals surface area contributed by atoms with Crippen LogP contribution in [0.5, 0.6) is 17.4 Å². The molecule has 0 saturated heterocycles. The van der Waals surface area contributed by atoms with E-state index in [0.29, 0.717) is 29.0 Å². The van der Waals surface area contributed by atoms with Crippen molar-refractivity contribution < 1.29 is 9.47 Å². The van der Waals surface area contributed by atoms with E-state index in [4.69, 9.17) is 21.1 Å². The van der Waals surface area contributed by atoms with E-state index in [1.165, 1.54) is 0 Å². The Morgan fingerprint density at radius 2 is 1.95 bits per heavy atom. The van der Waals surface area contributed by atoms with Crippen molar-refractivity contribution >= 4 is 11.6 Å². The molecule has 4 nitrogen and oxygen atoms in total. The van der Waals surface area contributed by atoms with Crippen molar-refractivity contribution in [3.8, 4) is 17.4 Å². The molecule has 100 valence electrons. The lowest BCUT2D eigenvalue weighted by Gasteiger charge is -2.10. The van der Waals surface area contributed by atoms with Crippen LogP contribution in [0.25, 0.3) is 0 Å². The lowest BCUT2D eigenvalue weighted by molar-refractivity contribution is 0.406. The van der Waals surface area contributed by atoms with Gasteiger partial charge in [0.2, 0.25) is 5.88 Å². The summed E-state index contributed by atoms with van der Waals surface area (Å²) in [6.07, 6.45) is 0.703. The number of nitrogens with zero attached hydrogens (tertiary/aromatic N) is 2. The standard InChI is InChI=1S/C14H15ClN2O2/c1-4-12-16-13(15)9(2)14(17-12)19-11-7-5-6-10(8-11)18-3/h5-8H,4H2,1-3H3. The van der Waals surface area contributed by atoms with Gasteiger partial charge in [0.25, 0.3) is 0 Å². The van der Waals surface area contributed by atoms with E-state index >= 15 is 0 Å². The number of hydrogen-bond donors (Lipinski definition) is 0. The van der Waals surface area contributed by atoms with E-state index in [1.807, 2.05) is 32.0 Å². The first-order valence-corrected chi connectivity index (χ1v) is 6.36. The van der Waals surface area contributed by atoms with E-state index in [9.17, 15) is 0 Å². The molecule has 5 heteroatoms. The van der Waals surface area contributed by atoms with Gasteiger partial charge in [-0.3, -0.25) is 0 Å². The number of hydrogen-bond acceptors (Lipinski definition) is 4. The highest BCUT2D eigenvalue weighted by Gasteiger charge is 2.11. The topological polar surface area (TPSA) is 44.2 Å². The van der Waals surface area contributed by atoms with Gasteiger partial charge in [-0.25, -0.2) is 4.98 Å². The minimum absolute atomic E-state index is 0.421. The van der Waals surface area contributed by atoms with Gasteiger partial charge in [-0.1, -0.05) is 24.6 Å². The fourth-order valence-electron chi connectivity index (χ4n) is 1.55. The molecule has 0 aliphatic heterocycles. The second kappa shape index (κ2) is 5.89. The van der Waals surface area contributed by atoms with Gasteiger partial charge < -0.3 is 9.47 Å². The van der Waals surface area contributed by atoms with Crippen LogP contribution in [0, 0.1) is 6.92 Å². The van der Waals surface area contributed by atoms with Crippen molar-refractivity contribution in [2.24, 2.45) is 0 Å². The SMILES string of the molecule is CCc1nc(Cl)c(C)c(Oc2cccc(OC)c2)n1. The molecule has 2 aromatic rings. The fourth-order valence-corrected chi connectivity index (χ4v) is 1.72. The molecule has 0 unspecified atom stereocenters. The maximum absolute atomic E-state index is 6.07. The minimum atomic E-state index is 0.421. The first-order valence-electron chi connectivity index (χ1n) is 5.99. The number of aryl methyl sites for hydroxylation is 1. The maximum atomic E-state index is 6.07. The van der Waals surface area contributed by atoms with Crippen LogP contribution in [0.1, 0.15) is 18.3 Å². The molecule has 1 aromatic carbocycles. The van der Waals surface area contributed by atoms with E-state index in [2.05, 4.69) is 9.97 Å². The first kappa shape index (κ1) is 13.6. The molecule has 0 amide bonds. The molecule has 0 atom stereocenters. The van der Waals surface area contributed by atoms with Gasteiger partial charge in [0, 0.05) is 18.1 Å². The molecule has 1 heterocycles. The van der Waals surface area contributed by atoms with E-state index in [0.717, 1.165) is 11.3 Å². The van der Waals surface area contributed by atoms with Crippen molar-refractivity contribution in [3.05, 3.63) is 40.8 Å². The third-order valence-electron chi connectivity index (χ3n) is 2.66. The highest BCUT2D eigenvalue weighted by molar-refractivity contribution is 6.30. The zero-order valence-electron chi connectivity index (χ0n) is 11.1. The Morgan fingerprint density at radius 3 is 2.63 bits per heavy atom. The monoisotopic (exact) mass is 278 g/mol. The van der Waals surface area contributed by atoms with Crippen molar-refractivity contribution in [2.45, 2.75) is 20.3 Å². The molecule has 0 fully saturated rings. The quantitative estimate of drug-likeness (QED) is 0.798. The summed E-state index contributed by atoms with van der Waals surface area (Å²) in [6, 6.07) is 7.34. The normalized spacial score (nSPS) is 10.3. The number of rotatable bonds is 4. The molecular formula is C14H15ClN2O2. The predicted octanol–water partition coefficient (Wildman–Crippen LogP) is 3.80. The minimum Gasteiger partial charge on any atom is -0.497 e. The molecule has 0 bridgehead atoms. The largest absolute Gasteiger partial charge is 0.497 e. The summed E-state index contributed by atoms with van der Waals surface area (Å²) in [5.41, 5.74) is 0.724. The van der Waals surface area contributed by atoms with Gasteiger partial charge in [-0.15, -0.1) is 0 Å². The van der Waals surface area contributed by atoms with E-state index < -0.39 is 0 Å². The van der Waals surface area contributed by atoms with Crippen LogP contribution in [-0.2, 0) is 6.42 Å². The average Bonchev–Trinajstić information content (AvgIpc) is 2.43. The van der Waals surface area contributed by atoms with Gasteiger partial charge >= 0.3 is 0 Å². The Bertz CT molecular complexity index is 588. The molecular weight excluding hydrogens is 264 g/mol. The van der Waals surface area contributed by atoms with Crippen LogP contribution in [0.15, 0.2) is 24.3 Å². The van der Waals surface area contributed by atoms with Crippen LogP contribution in [-0.4, -0.2) is 17.1 Å². The molecule has 0 aliphatic carbocycles. The number of aromatic nitrogens is 2. The lowest BCUT2D eigenvalue weighted by Crippen LogP contribution is -2.00. The fraction of sp³-hybridized carbons (Fsp3) is 0.286. The zero-order chi connectivity index (χ0) is 13.8. The molecule has 0 spiro atoms. The van der Waals surface area contributed by atoms with Crippen molar-refractivity contribution in [3.63, 3.8) is 0 Å². The Labute approximate surface area is 117 Å². The zero-order valence-corrected chi connectivity index (χ0v) is 11.9. The predicted molar refractivity (Wildman–Crippen MR) is 74.2 cm³/mol. The van der Waals surface area contributed by atoms with Crippen LogP contribution >= 0.6 is 11.6 Å². The van der Waals surface area contributed by atoms with Gasteiger partial charge in [0.1, 0.15) is 22.5 Å². The Morgan fingerprint density at radius 1 is 1.21 bits per heavy atom. The molecule has 19 heavy (non-hydrogen) atoms. The summed E-state index contributed by atoms with van der Waals surface area (Å²) in [6.45, 7) is 3.80. The van der Waals surface area contributed by atoms with E-state index in [-0.39, 0.29) is 0 Å². The van der Waals surface area contributed by atoms with E-state index in [1.54, 1.807) is 13.2 Å². The average molecular weight is 279 g/mol.